The zero-order valence-electron chi connectivity index (χ0n) is 11.1. The maximum atomic E-state index is 11.7. The third-order valence-electron chi connectivity index (χ3n) is 2.69. The number of amides is 1. The van der Waals surface area contributed by atoms with Crippen LogP contribution in [0.25, 0.3) is 0 Å². The molecule has 106 valence electrons. The number of halogens is 1. The van der Waals surface area contributed by atoms with Crippen LogP contribution >= 0.6 is 15.9 Å². The summed E-state index contributed by atoms with van der Waals surface area (Å²) < 4.78 is 12.1. The summed E-state index contributed by atoms with van der Waals surface area (Å²) >= 11 is 3.35. The van der Waals surface area contributed by atoms with Gasteiger partial charge in [-0.05, 0) is 31.2 Å². The number of benzene rings is 1. The summed E-state index contributed by atoms with van der Waals surface area (Å²) in [6.45, 7) is 2.89. The topological polar surface area (TPSA) is 58.2 Å². The van der Waals surface area contributed by atoms with Crippen molar-refractivity contribution in [3.05, 3.63) is 28.7 Å². The molecular formula is C13H19BrN2O2S. The van der Waals surface area contributed by atoms with Gasteiger partial charge in [0.2, 0.25) is 5.91 Å². The van der Waals surface area contributed by atoms with Gasteiger partial charge in [0.15, 0.2) is 0 Å². The van der Waals surface area contributed by atoms with Gasteiger partial charge in [-0.15, -0.1) is 0 Å². The van der Waals surface area contributed by atoms with Gasteiger partial charge < -0.3 is 10.6 Å². The minimum atomic E-state index is -0.804. The molecule has 4 nitrogen and oxygen atoms in total. The predicted molar refractivity (Wildman–Crippen MR) is 83.8 cm³/mol. The molecular weight excluding hydrogens is 328 g/mol. The van der Waals surface area contributed by atoms with Crippen LogP contribution < -0.4 is 10.6 Å². The van der Waals surface area contributed by atoms with Gasteiger partial charge in [-0.1, -0.05) is 28.9 Å². The fourth-order valence-electron chi connectivity index (χ4n) is 1.44. The number of hydrogen-bond acceptors (Lipinski definition) is 3. The van der Waals surface area contributed by atoms with E-state index in [0.717, 1.165) is 16.6 Å². The van der Waals surface area contributed by atoms with Crippen molar-refractivity contribution in [2.24, 2.45) is 0 Å². The Hall–Kier alpha value is -0.720. The Morgan fingerprint density at radius 1 is 1.47 bits per heavy atom. The molecule has 6 heteroatoms. The van der Waals surface area contributed by atoms with Crippen molar-refractivity contribution in [1.29, 1.82) is 0 Å². The molecule has 1 aromatic carbocycles. The summed E-state index contributed by atoms with van der Waals surface area (Å²) in [5.74, 6) is -0.0802. The first-order valence-electron chi connectivity index (χ1n) is 6.07. The van der Waals surface area contributed by atoms with Gasteiger partial charge in [-0.3, -0.25) is 9.00 Å². The van der Waals surface area contributed by atoms with E-state index in [-0.39, 0.29) is 17.7 Å². The molecule has 19 heavy (non-hydrogen) atoms. The zero-order valence-corrected chi connectivity index (χ0v) is 13.5. The molecule has 1 aromatic rings. The third-order valence-corrected chi connectivity index (χ3v) is 4.55. The highest BCUT2D eigenvalue weighted by atomic mass is 79.9. The Kier molecular flexibility index (Phi) is 7.27. The molecule has 0 aliphatic carbocycles. The summed E-state index contributed by atoms with van der Waals surface area (Å²) in [7, 11) is -0.804. The molecule has 0 bridgehead atoms. The second-order valence-electron chi connectivity index (χ2n) is 4.33. The van der Waals surface area contributed by atoms with Crippen molar-refractivity contribution >= 4 is 38.3 Å². The first-order valence-corrected chi connectivity index (χ1v) is 8.49. The summed E-state index contributed by atoms with van der Waals surface area (Å²) in [5, 5.41) is 6.00. The molecule has 0 saturated heterocycles. The molecule has 2 unspecified atom stereocenters. The molecule has 1 amide bonds. The van der Waals surface area contributed by atoms with Crippen LogP contribution in [-0.2, 0) is 15.6 Å². The minimum Gasteiger partial charge on any atom is -0.325 e. The van der Waals surface area contributed by atoms with E-state index in [0.29, 0.717) is 6.54 Å². The maximum absolute atomic E-state index is 11.7. The average molecular weight is 347 g/mol. The molecule has 0 aliphatic heterocycles. The Labute approximate surface area is 124 Å². The Morgan fingerprint density at radius 2 is 2.21 bits per heavy atom. The highest BCUT2D eigenvalue weighted by Gasteiger charge is 2.06. The molecule has 0 heterocycles. The van der Waals surface area contributed by atoms with E-state index in [9.17, 15) is 9.00 Å². The van der Waals surface area contributed by atoms with Crippen LogP contribution in [0.15, 0.2) is 28.7 Å². The van der Waals surface area contributed by atoms with Gasteiger partial charge in [0.05, 0.1) is 6.54 Å². The molecule has 0 fully saturated rings. The van der Waals surface area contributed by atoms with Crippen LogP contribution in [0.2, 0.25) is 0 Å². The van der Waals surface area contributed by atoms with E-state index < -0.39 is 10.8 Å². The summed E-state index contributed by atoms with van der Waals surface area (Å²) in [4.78, 5) is 11.7. The molecule has 1 rings (SSSR count). The van der Waals surface area contributed by atoms with Crippen LogP contribution in [0.5, 0.6) is 0 Å². The highest BCUT2D eigenvalue weighted by Crippen LogP contribution is 2.15. The number of carbonyl (C=O) groups is 1. The molecule has 0 aromatic heterocycles. The maximum Gasteiger partial charge on any atom is 0.238 e. The van der Waals surface area contributed by atoms with Gasteiger partial charge in [0, 0.05) is 32.5 Å². The van der Waals surface area contributed by atoms with Crippen LogP contribution in [0.3, 0.4) is 0 Å². The number of carbonyl (C=O) groups excluding carboxylic acids is 1. The largest absolute Gasteiger partial charge is 0.325 e. The van der Waals surface area contributed by atoms with Crippen molar-refractivity contribution in [3.63, 3.8) is 0 Å². The number of nitrogens with one attached hydrogen (secondary N) is 2. The second kappa shape index (κ2) is 8.45. The van der Waals surface area contributed by atoms with Gasteiger partial charge in [-0.2, -0.15) is 0 Å². The minimum absolute atomic E-state index is 0.0802. The van der Waals surface area contributed by atoms with Crippen molar-refractivity contribution in [3.8, 4) is 0 Å². The molecule has 0 aliphatic rings. The first-order chi connectivity index (χ1) is 8.99. The smallest absolute Gasteiger partial charge is 0.238 e. The van der Waals surface area contributed by atoms with Crippen LogP contribution in [0, 0.1) is 0 Å². The lowest BCUT2D eigenvalue weighted by atomic mass is 10.3. The van der Waals surface area contributed by atoms with Crippen LogP contribution in [0.1, 0.15) is 13.3 Å². The molecule has 0 spiro atoms. The van der Waals surface area contributed by atoms with E-state index in [1.807, 2.05) is 31.2 Å². The predicted octanol–water partition coefficient (Wildman–Crippen LogP) is 2.13. The number of rotatable bonds is 7. The van der Waals surface area contributed by atoms with E-state index in [1.54, 1.807) is 6.26 Å². The normalized spacial score (nSPS) is 13.8. The molecule has 0 radical (unpaired) electrons. The number of anilines is 1. The quantitative estimate of drug-likeness (QED) is 0.743. The third kappa shape index (κ3) is 6.84. The lowest BCUT2D eigenvalue weighted by Gasteiger charge is -2.09. The van der Waals surface area contributed by atoms with Crippen molar-refractivity contribution in [2.45, 2.75) is 18.6 Å². The highest BCUT2D eigenvalue weighted by molar-refractivity contribution is 9.10. The van der Waals surface area contributed by atoms with Crippen LogP contribution in [0.4, 0.5) is 5.69 Å². The van der Waals surface area contributed by atoms with Gasteiger partial charge in [0.25, 0.3) is 0 Å². The molecule has 0 saturated carbocycles. The molecule has 2 N–H and O–H groups in total. The molecule has 2 atom stereocenters. The van der Waals surface area contributed by atoms with Crippen molar-refractivity contribution in [1.82, 2.24) is 5.32 Å². The van der Waals surface area contributed by atoms with E-state index in [1.165, 1.54) is 0 Å². The van der Waals surface area contributed by atoms with Crippen LogP contribution in [-0.4, -0.2) is 34.7 Å². The van der Waals surface area contributed by atoms with E-state index >= 15 is 0 Å². The lowest BCUT2D eigenvalue weighted by Crippen LogP contribution is -2.30. The fourth-order valence-corrected chi connectivity index (χ4v) is 2.29. The van der Waals surface area contributed by atoms with Crippen molar-refractivity contribution in [2.75, 3.05) is 24.7 Å². The van der Waals surface area contributed by atoms with E-state index in [4.69, 9.17) is 0 Å². The Morgan fingerprint density at radius 3 is 2.84 bits per heavy atom. The fraction of sp³-hybridized carbons (Fsp3) is 0.462. The second-order valence-corrected chi connectivity index (χ2v) is 7.05. The zero-order chi connectivity index (χ0) is 14.3. The summed E-state index contributed by atoms with van der Waals surface area (Å²) in [6.07, 6.45) is 2.50. The van der Waals surface area contributed by atoms with Gasteiger partial charge >= 0.3 is 0 Å². The van der Waals surface area contributed by atoms with E-state index in [2.05, 4.69) is 26.6 Å². The van der Waals surface area contributed by atoms with Gasteiger partial charge in [-0.25, -0.2) is 0 Å². The monoisotopic (exact) mass is 346 g/mol. The Balaban J connectivity index is 2.23. The Bertz CT molecular complexity index is 454. The SMILES string of the molecule is CC(CCNCC(=O)Nc1cccc(Br)c1)S(C)=O. The van der Waals surface area contributed by atoms with Gasteiger partial charge in [0.1, 0.15) is 0 Å². The summed E-state index contributed by atoms with van der Waals surface area (Å²) in [5.41, 5.74) is 0.768. The number of hydrogen-bond donors (Lipinski definition) is 2. The average Bonchev–Trinajstić information content (AvgIpc) is 2.34. The summed E-state index contributed by atoms with van der Waals surface area (Å²) in [6, 6.07) is 7.46. The standard InChI is InChI=1S/C13H19BrN2O2S/c1-10(19(2)18)6-7-15-9-13(17)16-12-5-3-4-11(14)8-12/h3-5,8,10,15H,6-7,9H2,1-2H3,(H,16,17). The van der Waals surface area contributed by atoms with Crippen molar-refractivity contribution < 1.29 is 9.00 Å². The first kappa shape index (κ1) is 16.3. The lowest BCUT2D eigenvalue weighted by molar-refractivity contribution is -0.115.